The molecule has 1 aliphatic heterocycles. The van der Waals surface area contributed by atoms with Crippen LogP contribution in [-0.4, -0.2) is 11.8 Å². The fourth-order valence-corrected chi connectivity index (χ4v) is 4.72. The van der Waals surface area contributed by atoms with Crippen LogP contribution in [0.1, 0.15) is 19.3 Å². The molecule has 2 saturated carbocycles. The number of fused-ring (bicyclic) bond motifs is 5. The fraction of sp³-hybridized carbons (Fsp3) is 0.467. The van der Waals surface area contributed by atoms with Gasteiger partial charge in [-0.15, -0.1) is 0 Å². The summed E-state index contributed by atoms with van der Waals surface area (Å²) in [6.07, 6.45) is 3.11. The van der Waals surface area contributed by atoms with Crippen molar-refractivity contribution in [3.8, 4) is 0 Å². The fourth-order valence-electron chi connectivity index (χ4n) is 4.39. The van der Waals surface area contributed by atoms with Crippen molar-refractivity contribution < 1.29 is 9.59 Å². The Labute approximate surface area is 132 Å². The van der Waals surface area contributed by atoms with Crippen molar-refractivity contribution in [3.05, 3.63) is 22.2 Å². The zero-order chi connectivity index (χ0) is 14.9. The van der Waals surface area contributed by atoms with Crippen LogP contribution >= 0.6 is 23.2 Å². The number of benzene rings is 1. The molecule has 2 aliphatic carbocycles. The number of anilines is 2. The van der Waals surface area contributed by atoms with E-state index in [4.69, 9.17) is 28.9 Å². The van der Waals surface area contributed by atoms with Crippen molar-refractivity contribution in [3.63, 3.8) is 0 Å². The van der Waals surface area contributed by atoms with Crippen LogP contribution < -0.4 is 10.6 Å². The third-order valence-corrected chi connectivity index (χ3v) is 5.96. The van der Waals surface area contributed by atoms with Gasteiger partial charge in [0.1, 0.15) is 0 Å². The van der Waals surface area contributed by atoms with Crippen molar-refractivity contribution >= 4 is 46.4 Å². The highest BCUT2D eigenvalue weighted by molar-refractivity contribution is 6.42. The maximum absolute atomic E-state index is 12.7. The molecular weight excluding hydrogens is 311 g/mol. The van der Waals surface area contributed by atoms with Gasteiger partial charge in [0, 0.05) is 0 Å². The SMILES string of the molecule is Nc1cc(Cl)c(Cl)cc1N1C(=O)C2C3CCC(C3)C2C1=O. The van der Waals surface area contributed by atoms with Gasteiger partial charge in [-0.05, 0) is 43.2 Å². The Hall–Kier alpha value is -1.26. The Kier molecular flexibility index (Phi) is 2.79. The lowest BCUT2D eigenvalue weighted by Gasteiger charge is -2.19. The number of halogens is 2. The molecule has 21 heavy (non-hydrogen) atoms. The summed E-state index contributed by atoms with van der Waals surface area (Å²) in [4.78, 5) is 26.7. The molecule has 0 spiro atoms. The van der Waals surface area contributed by atoms with Gasteiger partial charge in [-0.3, -0.25) is 9.59 Å². The van der Waals surface area contributed by atoms with E-state index in [0.717, 1.165) is 19.3 Å². The van der Waals surface area contributed by atoms with Crippen molar-refractivity contribution in [2.24, 2.45) is 23.7 Å². The monoisotopic (exact) mass is 324 g/mol. The zero-order valence-corrected chi connectivity index (χ0v) is 12.7. The molecule has 4 atom stereocenters. The number of carbonyl (C=O) groups excluding carboxylic acids is 2. The topological polar surface area (TPSA) is 63.4 Å². The van der Waals surface area contributed by atoms with Gasteiger partial charge < -0.3 is 5.73 Å². The van der Waals surface area contributed by atoms with E-state index in [9.17, 15) is 9.59 Å². The normalized spacial score (nSPS) is 33.9. The molecule has 2 N–H and O–H groups in total. The minimum absolute atomic E-state index is 0.123. The highest BCUT2D eigenvalue weighted by Gasteiger charge is 2.61. The number of nitrogens with zero attached hydrogens (tertiary/aromatic N) is 1. The van der Waals surface area contributed by atoms with E-state index < -0.39 is 0 Å². The van der Waals surface area contributed by atoms with Gasteiger partial charge in [0.25, 0.3) is 0 Å². The van der Waals surface area contributed by atoms with Gasteiger partial charge in [-0.25, -0.2) is 4.90 Å². The summed E-state index contributed by atoms with van der Waals surface area (Å²) in [6, 6.07) is 3.00. The first kappa shape index (κ1) is 13.4. The first-order chi connectivity index (χ1) is 9.99. The maximum atomic E-state index is 12.7. The summed E-state index contributed by atoms with van der Waals surface area (Å²) >= 11 is 11.9. The van der Waals surface area contributed by atoms with E-state index in [1.165, 1.54) is 17.0 Å². The summed E-state index contributed by atoms with van der Waals surface area (Å²) in [5.41, 5.74) is 6.61. The number of hydrogen-bond donors (Lipinski definition) is 1. The molecule has 110 valence electrons. The number of amides is 2. The average molecular weight is 325 g/mol. The molecule has 4 rings (SSSR count). The van der Waals surface area contributed by atoms with Crippen LogP contribution in [0.2, 0.25) is 10.0 Å². The van der Waals surface area contributed by atoms with E-state index in [1.807, 2.05) is 0 Å². The predicted octanol–water partition coefficient (Wildman–Crippen LogP) is 3.11. The van der Waals surface area contributed by atoms with Gasteiger partial charge in [0.05, 0.1) is 33.3 Å². The lowest BCUT2D eigenvalue weighted by Crippen LogP contribution is -2.33. The van der Waals surface area contributed by atoms with E-state index in [-0.39, 0.29) is 23.7 Å². The minimum atomic E-state index is -0.162. The number of hydrogen-bond acceptors (Lipinski definition) is 3. The zero-order valence-electron chi connectivity index (χ0n) is 11.2. The second-order valence-electron chi connectivity index (χ2n) is 6.22. The first-order valence-corrected chi connectivity index (χ1v) is 7.87. The van der Waals surface area contributed by atoms with Crippen LogP contribution in [0.15, 0.2) is 12.1 Å². The summed E-state index contributed by atoms with van der Waals surface area (Å²) in [5, 5.41) is 0.610. The standard InChI is InChI=1S/C15H14Cl2N2O2/c16-8-4-10(18)11(5-9(8)17)19-14(20)12-6-1-2-7(3-6)13(12)15(19)21/h4-7,12-13H,1-3,18H2. The Bertz CT molecular complexity index is 648. The lowest BCUT2D eigenvalue weighted by molar-refractivity contribution is -0.123. The molecule has 1 aromatic carbocycles. The molecule has 2 amide bonds. The van der Waals surface area contributed by atoms with Crippen LogP contribution in [0.25, 0.3) is 0 Å². The number of carbonyl (C=O) groups is 2. The molecule has 4 unspecified atom stereocenters. The lowest BCUT2D eigenvalue weighted by atomic mass is 9.81. The summed E-state index contributed by atoms with van der Waals surface area (Å²) in [7, 11) is 0. The largest absolute Gasteiger partial charge is 0.397 e. The van der Waals surface area contributed by atoms with Crippen LogP contribution in [0, 0.1) is 23.7 Å². The quantitative estimate of drug-likeness (QED) is 0.637. The van der Waals surface area contributed by atoms with Crippen molar-refractivity contribution in [2.75, 3.05) is 10.6 Å². The molecule has 2 bridgehead atoms. The third-order valence-electron chi connectivity index (χ3n) is 5.24. The van der Waals surface area contributed by atoms with Gasteiger partial charge in [0.2, 0.25) is 11.8 Å². The Morgan fingerprint density at radius 1 is 1.00 bits per heavy atom. The van der Waals surface area contributed by atoms with Crippen LogP contribution in [0.3, 0.4) is 0 Å². The van der Waals surface area contributed by atoms with Crippen molar-refractivity contribution in [1.29, 1.82) is 0 Å². The summed E-state index contributed by atoms with van der Waals surface area (Å²) in [6.45, 7) is 0. The van der Waals surface area contributed by atoms with Crippen molar-refractivity contribution in [2.45, 2.75) is 19.3 Å². The molecule has 4 nitrogen and oxygen atoms in total. The second-order valence-corrected chi connectivity index (χ2v) is 7.04. The van der Waals surface area contributed by atoms with Gasteiger partial charge in [0.15, 0.2) is 0 Å². The summed E-state index contributed by atoms with van der Waals surface area (Å²) < 4.78 is 0. The minimum Gasteiger partial charge on any atom is -0.397 e. The Morgan fingerprint density at radius 2 is 1.52 bits per heavy atom. The number of nitrogens with two attached hydrogens (primary N) is 1. The first-order valence-electron chi connectivity index (χ1n) is 7.11. The molecule has 1 heterocycles. The Morgan fingerprint density at radius 3 is 2.10 bits per heavy atom. The number of rotatable bonds is 1. The average Bonchev–Trinajstić information content (AvgIpc) is 3.09. The van der Waals surface area contributed by atoms with Gasteiger partial charge in [-0.2, -0.15) is 0 Å². The van der Waals surface area contributed by atoms with E-state index in [1.54, 1.807) is 0 Å². The molecule has 6 heteroatoms. The molecule has 1 saturated heterocycles. The van der Waals surface area contributed by atoms with Crippen molar-refractivity contribution in [1.82, 2.24) is 0 Å². The molecule has 0 aromatic heterocycles. The van der Waals surface area contributed by atoms with Crippen LogP contribution in [0.5, 0.6) is 0 Å². The highest BCUT2D eigenvalue weighted by Crippen LogP contribution is 2.57. The number of imide groups is 1. The molecule has 3 aliphatic rings. The second kappa shape index (κ2) is 4.37. The van der Waals surface area contributed by atoms with E-state index >= 15 is 0 Å². The van der Waals surface area contributed by atoms with Crippen LogP contribution in [-0.2, 0) is 9.59 Å². The third kappa shape index (κ3) is 1.69. The van der Waals surface area contributed by atoms with Crippen LogP contribution in [0.4, 0.5) is 11.4 Å². The molecule has 0 radical (unpaired) electrons. The molecular formula is C15H14Cl2N2O2. The number of nitrogen functional groups attached to an aromatic ring is 1. The van der Waals surface area contributed by atoms with Gasteiger partial charge in [-0.1, -0.05) is 23.2 Å². The maximum Gasteiger partial charge on any atom is 0.238 e. The summed E-state index contributed by atoms with van der Waals surface area (Å²) in [5.74, 6) is 0.135. The molecule has 1 aromatic rings. The molecule has 3 fully saturated rings. The smallest absolute Gasteiger partial charge is 0.238 e. The highest BCUT2D eigenvalue weighted by atomic mass is 35.5. The Balaban J connectivity index is 1.79. The van der Waals surface area contributed by atoms with Gasteiger partial charge >= 0.3 is 0 Å². The predicted molar refractivity (Wildman–Crippen MR) is 81.2 cm³/mol. The van der Waals surface area contributed by atoms with E-state index in [2.05, 4.69) is 0 Å². The van der Waals surface area contributed by atoms with E-state index in [0.29, 0.717) is 33.3 Å².